The molecule has 0 unspecified atom stereocenters. The lowest BCUT2D eigenvalue weighted by Crippen LogP contribution is -2.36. The molecule has 0 aliphatic rings. The molecular weight excluding hydrogens is 277 g/mol. The van der Waals surface area contributed by atoms with Crippen LogP contribution in [0, 0.1) is 0 Å². The van der Waals surface area contributed by atoms with Crippen molar-refractivity contribution in [1.82, 2.24) is 10.7 Å². The van der Waals surface area contributed by atoms with Crippen LogP contribution in [0.3, 0.4) is 0 Å². The fourth-order valence-corrected chi connectivity index (χ4v) is 1.65. The van der Waals surface area contributed by atoms with Crippen molar-refractivity contribution in [3.05, 3.63) is 33.8 Å². The first-order chi connectivity index (χ1) is 7.99. The number of halogens is 2. The second kappa shape index (κ2) is 6.79. The van der Waals surface area contributed by atoms with E-state index in [-0.39, 0.29) is 6.04 Å². The molecule has 0 atom stereocenters. The molecule has 0 aromatic heterocycles. The SMILES string of the molecule is CC(C)NC(=S)NN=Cc1ccc(Cl)c(Cl)c1. The Kier molecular flexibility index (Phi) is 5.68. The highest BCUT2D eigenvalue weighted by Gasteiger charge is 1.98. The van der Waals surface area contributed by atoms with Crippen molar-refractivity contribution in [1.29, 1.82) is 0 Å². The maximum Gasteiger partial charge on any atom is 0.187 e. The average Bonchev–Trinajstić information content (AvgIpc) is 2.22. The van der Waals surface area contributed by atoms with Crippen LogP contribution >= 0.6 is 35.4 Å². The molecular formula is C11H13Cl2N3S. The summed E-state index contributed by atoms with van der Waals surface area (Å²) in [6.45, 7) is 3.99. The maximum atomic E-state index is 5.87. The van der Waals surface area contributed by atoms with Gasteiger partial charge in [-0.3, -0.25) is 5.43 Å². The zero-order valence-corrected chi connectivity index (χ0v) is 11.8. The smallest absolute Gasteiger partial charge is 0.187 e. The zero-order chi connectivity index (χ0) is 12.8. The van der Waals surface area contributed by atoms with Gasteiger partial charge < -0.3 is 5.32 Å². The molecule has 1 aromatic carbocycles. The molecule has 0 aliphatic carbocycles. The molecule has 6 heteroatoms. The van der Waals surface area contributed by atoms with E-state index in [1.807, 2.05) is 19.9 Å². The lowest BCUT2D eigenvalue weighted by molar-refractivity contribution is 0.720. The summed E-state index contributed by atoms with van der Waals surface area (Å²) in [7, 11) is 0. The minimum atomic E-state index is 0.273. The third-order valence-electron chi connectivity index (χ3n) is 1.74. The van der Waals surface area contributed by atoms with E-state index in [4.69, 9.17) is 35.4 Å². The van der Waals surface area contributed by atoms with Crippen LogP contribution in [0.4, 0.5) is 0 Å². The average molecular weight is 290 g/mol. The van der Waals surface area contributed by atoms with Gasteiger partial charge in [0, 0.05) is 6.04 Å². The Balaban J connectivity index is 2.53. The van der Waals surface area contributed by atoms with Crippen molar-refractivity contribution < 1.29 is 0 Å². The van der Waals surface area contributed by atoms with Crippen LogP contribution in [0.15, 0.2) is 23.3 Å². The van der Waals surface area contributed by atoms with Gasteiger partial charge in [0.25, 0.3) is 0 Å². The van der Waals surface area contributed by atoms with Gasteiger partial charge in [-0.1, -0.05) is 29.3 Å². The van der Waals surface area contributed by atoms with Crippen molar-refractivity contribution in [2.24, 2.45) is 5.10 Å². The largest absolute Gasteiger partial charge is 0.359 e. The highest BCUT2D eigenvalue weighted by atomic mass is 35.5. The van der Waals surface area contributed by atoms with Crippen LogP contribution < -0.4 is 10.7 Å². The van der Waals surface area contributed by atoms with Gasteiger partial charge in [0.2, 0.25) is 0 Å². The lowest BCUT2D eigenvalue weighted by Gasteiger charge is -2.09. The fraction of sp³-hybridized carbons (Fsp3) is 0.273. The van der Waals surface area contributed by atoms with Crippen molar-refractivity contribution in [2.45, 2.75) is 19.9 Å². The van der Waals surface area contributed by atoms with E-state index in [9.17, 15) is 0 Å². The molecule has 0 spiro atoms. The van der Waals surface area contributed by atoms with E-state index in [0.29, 0.717) is 15.2 Å². The van der Waals surface area contributed by atoms with Gasteiger partial charge in [0.1, 0.15) is 0 Å². The molecule has 0 radical (unpaired) electrons. The Morgan fingerprint density at radius 2 is 2.06 bits per heavy atom. The highest BCUT2D eigenvalue weighted by Crippen LogP contribution is 2.21. The molecule has 0 saturated heterocycles. The molecule has 1 aromatic rings. The summed E-state index contributed by atoms with van der Waals surface area (Å²) in [5.74, 6) is 0. The number of hydrogen-bond acceptors (Lipinski definition) is 2. The standard InChI is InChI=1S/C11H13Cl2N3S/c1-7(2)15-11(17)16-14-6-8-3-4-9(12)10(13)5-8/h3-7H,1-2H3,(H2,15,16,17). The van der Waals surface area contributed by atoms with Crippen LogP contribution in [0.1, 0.15) is 19.4 Å². The van der Waals surface area contributed by atoms with E-state index in [0.717, 1.165) is 5.56 Å². The quantitative estimate of drug-likeness (QED) is 0.510. The monoisotopic (exact) mass is 289 g/mol. The Hall–Kier alpha value is -0.840. The van der Waals surface area contributed by atoms with Crippen LogP contribution in [0.2, 0.25) is 10.0 Å². The molecule has 3 nitrogen and oxygen atoms in total. The third-order valence-corrected chi connectivity index (χ3v) is 2.69. The van der Waals surface area contributed by atoms with Gasteiger partial charge in [-0.15, -0.1) is 0 Å². The Labute approximate surface area is 116 Å². The molecule has 1 rings (SSSR count). The fourth-order valence-electron chi connectivity index (χ4n) is 1.05. The number of nitrogens with zero attached hydrogens (tertiary/aromatic N) is 1. The minimum Gasteiger partial charge on any atom is -0.359 e. The van der Waals surface area contributed by atoms with Crippen molar-refractivity contribution in [3.63, 3.8) is 0 Å². The molecule has 0 bridgehead atoms. The molecule has 0 heterocycles. The molecule has 0 fully saturated rings. The minimum absolute atomic E-state index is 0.273. The van der Waals surface area contributed by atoms with Gasteiger partial charge in [-0.25, -0.2) is 0 Å². The first-order valence-electron chi connectivity index (χ1n) is 5.03. The van der Waals surface area contributed by atoms with Gasteiger partial charge in [-0.05, 0) is 43.8 Å². The number of rotatable bonds is 3. The van der Waals surface area contributed by atoms with Crippen LogP contribution in [0.25, 0.3) is 0 Å². The van der Waals surface area contributed by atoms with Crippen LogP contribution in [-0.4, -0.2) is 17.4 Å². The first-order valence-corrected chi connectivity index (χ1v) is 6.20. The second-order valence-corrected chi connectivity index (χ2v) is 4.89. The van der Waals surface area contributed by atoms with E-state index in [1.54, 1.807) is 18.3 Å². The number of hydrogen-bond donors (Lipinski definition) is 2. The van der Waals surface area contributed by atoms with Crippen LogP contribution in [-0.2, 0) is 0 Å². The van der Waals surface area contributed by atoms with Gasteiger partial charge in [0.15, 0.2) is 5.11 Å². The maximum absolute atomic E-state index is 5.87. The Bertz CT molecular complexity index is 433. The summed E-state index contributed by atoms with van der Waals surface area (Å²) < 4.78 is 0. The summed E-state index contributed by atoms with van der Waals surface area (Å²) in [5.41, 5.74) is 3.56. The predicted octanol–water partition coefficient (Wildman–Crippen LogP) is 3.20. The highest BCUT2D eigenvalue weighted by molar-refractivity contribution is 7.80. The Morgan fingerprint density at radius 3 is 2.65 bits per heavy atom. The molecule has 92 valence electrons. The van der Waals surface area contributed by atoms with Gasteiger partial charge in [0.05, 0.1) is 16.3 Å². The molecule has 0 amide bonds. The van der Waals surface area contributed by atoms with Crippen molar-refractivity contribution >= 4 is 46.7 Å². The number of nitrogens with one attached hydrogen (secondary N) is 2. The van der Waals surface area contributed by atoms with E-state index in [2.05, 4.69) is 15.8 Å². The van der Waals surface area contributed by atoms with E-state index in [1.165, 1.54) is 0 Å². The van der Waals surface area contributed by atoms with E-state index >= 15 is 0 Å². The lowest BCUT2D eigenvalue weighted by atomic mass is 10.2. The van der Waals surface area contributed by atoms with Gasteiger partial charge in [-0.2, -0.15) is 5.10 Å². The number of thiocarbonyl (C=S) groups is 1. The number of benzene rings is 1. The molecule has 0 saturated carbocycles. The molecule has 2 N–H and O–H groups in total. The number of hydrazone groups is 1. The molecule has 0 aliphatic heterocycles. The second-order valence-electron chi connectivity index (χ2n) is 3.67. The summed E-state index contributed by atoms with van der Waals surface area (Å²) in [4.78, 5) is 0. The van der Waals surface area contributed by atoms with Crippen molar-refractivity contribution in [3.8, 4) is 0 Å². The first kappa shape index (κ1) is 14.2. The van der Waals surface area contributed by atoms with Crippen molar-refractivity contribution in [2.75, 3.05) is 0 Å². The van der Waals surface area contributed by atoms with Gasteiger partial charge >= 0.3 is 0 Å². The van der Waals surface area contributed by atoms with Crippen LogP contribution in [0.5, 0.6) is 0 Å². The zero-order valence-electron chi connectivity index (χ0n) is 9.50. The third kappa shape index (κ3) is 5.35. The Morgan fingerprint density at radius 1 is 1.35 bits per heavy atom. The van der Waals surface area contributed by atoms with E-state index < -0.39 is 0 Å². The normalized spacial score (nSPS) is 10.9. The summed E-state index contributed by atoms with van der Waals surface area (Å²) in [6.07, 6.45) is 1.62. The molecule has 17 heavy (non-hydrogen) atoms. The summed E-state index contributed by atoms with van der Waals surface area (Å²) in [6, 6.07) is 5.54. The predicted molar refractivity (Wildman–Crippen MR) is 78.1 cm³/mol. The summed E-state index contributed by atoms with van der Waals surface area (Å²) >= 11 is 16.7. The summed E-state index contributed by atoms with van der Waals surface area (Å²) in [5, 5.41) is 8.50. The topological polar surface area (TPSA) is 36.4 Å².